The van der Waals surface area contributed by atoms with Crippen LogP contribution in [0.3, 0.4) is 0 Å². The molecule has 0 saturated heterocycles. The van der Waals surface area contributed by atoms with Gasteiger partial charge in [-0.3, -0.25) is 9.48 Å². The first-order valence-corrected chi connectivity index (χ1v) is 6.02. The van der Waals surface area contributed by atoms with Crippen LogP contribution >= 0.6 is 12.2 Å². The van der Waals surface area contributed by atoms with Crippen molar-refractivity contribution >= 4 is 23.1 Å². The average Bonchev–Trinajstić information content (AvgIpc) is 2.70. The molecule has 0 spiro atoms. The quantitative estimate of drug-likeness (QED) is 0.733. The highest BCUT2D eigenvalue weighted by Crippen LogP contribution is 2.04. The molecule has 0 aromatic carbocycles. The van der Waals surface area contributed by atoms with E-state index in [1.807, 2.05) is 26.1 Å². The molecule has 0 saturated carbocycles. The lowest BCUT2D eigenvalue weighted by molar-refractivity contribution is -0.123. The summed E-state index contributed by atoms with van der Waals surface area (Å²) in [5, 5.41) is 6.96. The van der Waals surface area contributed by atoms with Gasteiger partial charge in [0.25, 0.3) is 0 Å². The zero-order valence-corrected chi connectivity index (χ0v) is 10.9. The zero-order valence-electron chi connectivity index (χ0n) is 10.1. The molecule has 2 atom stereocenters. The average molecular weight is 254 g/mol. The topological polar surface area (TPSA) is 72.9 Å². The maximum absolute atomic E-state index is 11.8. The smallest absolute Gasteiger partial charge is 0.230 e. The van der Waals surface area contributed by atoms with E-state index in [0.29, 0.717) is 13.0 Å². The van der Waals surface area contributed by atoms with Crippen molar-refractivity contribution < 1.29 is 4.79 Å². The number of nitrogens with two attached hydrogens (primary N) is 1. The van der Waals surface area contributed by atoms with Crippen LogP contribution in [0.4, 0.5) is 0 Å². The number of nitrogens with zero attached hydrogens (tertiary/aromatic N) is 2. The fourth-order valence-corrected chi connectivity index (χ4v) is 1.87. The van der Waals surface area contributed by atoms with E-state index >= 15 is 0 Å². The van der Waals surface area contributed by atoms with Crippen LogP contribution in [-0.4, -0.2) is 26.7 Å². The Balaban J connectivity index is 2.47. The number of carbonyl (C=O) groups is 1. The maximum Gasteiger partial charge on any atom is 0.230 e. The maximum atomic E-state index is 11.8. The molecule has 1 aromatic heterocycles. The van der Waals surface area contributed by atoms with Gasteiger partial charge >= 0.3 is 0 Å². The fraction of sp³-hybridized carbons (Fsp3) is 0.545. The first-order chi connectivity index (χ1) is 8.04. The van der Waals surface area contributed by atoms with Gasteiger partial charge in [-0.1, -0.05) is 19.1 Å². The van der Waals surface area contributed by atoms with Crippen molar-refractivity contribution in [3.63, 3.8) is 0 Å². The highest BCUT2D eigenvalue weighted by atomic mass is 32.1. The molecule has 0 aliphatic carbocycles. The molecule has 0 aliphatic rings. The second-order valence-corrected chi connectivity index (χ2v) is 4.47. The van der Waals surface area contributed by atoms with Gasteiger partial charge in [-0.2, -0.15) is 5.10 Å². The molecule has 1 amide bonds. The summed E-state index contributed by atoms with van der Waals surface area (Å²) < 4.78 is 1.77. The van der Waals surface area contributed by atoms with E-state index in [9.17, 15) is 4.79 Å². The number of thiocarbonyl (C=S) groups is 1. The summed E-state index contributed by atoms with van der Waals surface area (Å²) in [4.78, 5) is 12.1. The summed E-state index contributed by atoms with van der Waals surface area (Å²) in [7, 11) is 0. The van der Waals surface area contributed by atoms with Crippen molar-refractivity contribution in [1.82, 2.24) is 15.1 Å². The lowest BCUT2D eigenvalue weighted by Gasteiger charge is -2.18. The van der Waals surface area contributed by atoms with Gasteiger partial charge in [0.1, 0.15) is 0 Å². The Morgan fingerprint density at radius 1 is 1.65 bits per heavy atom. The van der Waals surface area contributed by atoms with Crippen LogP contribution in [0.5, 0.6) is 0 Å². The minimum Gasteiger partial charge on any atom is -0.393 e. The molecule has 3 N–H and O–H groups in total. The van der Waals surface area contributed by atoms with Crippen molar-refractivity contribution in [3.05, 3.63) is 18.5 Å². The lowest BCUT2D eigenvalue weighted by atomic mass is 10.1. The molecule has 5 nitrogen and oxygen atoms in total. The number of aromatic nitrogens is 2. The summed E-state index contributed by atoms with van der Waals surface area (Å²) in [6, 6.07) is 1.84. The molecule has 1 rings (SSSR count). The molecule has 1 aromatic rings. The molecule has 94 valence electrons. The van der Waals surface area contributed by atoms with E-state index in [0.717, 1.165) is 0 Å². The third-order valence-corrected chi connectivity index (χ3v) is 2.76. The second kappa shape index (κ2) is 6.34. The Bertz CT molecular complexity index is 377. The van der Waals surface area contributed by atoms with Crippen molar-refractivity contribution in [3.8, 4) is 0 Å². The monoisotopic (exact) mass is 254 g/mol. The summed E-state index contributed by atoms with van der Waals surface area (Å²) in [6.07, 6.45) is 4.18. The van der Waals surface area contributed by atoms with Crippen LogP contribution in [0.25, 0.3) is 0 Å². The van der Waals surface area contributed by atoms with Crippen LogP contribution in [-0.2, 0) is 11.3 Å². The van der Waals surface area contributed by atoms with Gasteiger partial charge in [0.05, 0.1) is 17.5 Å². The Hall–Kier alpha value is -1.43. The predicted octanol–water partition coefficient (Wildman–Crippen LogP) is 0.700. The number of amides is 1. The standard InChI is InChI=1S/C11H18N4OS/c1-3-9(10(12)17)11(16)14-8(2)7-15-6-4-5-13-15/h4-6,8-9H,3,7H2,1-2H3,(H2,12,17)(H,14,16). The van der Waals surface area contributed by atoms with E-state index in [1.165, 1.54) is 0 Å². The Morgan fingerprint density at radius 3 is 2.82 bits per heavy atom. The SMILES string of the molecule is CCC(C(=O)NC(C)Cn1cccn1)C(N)=S. The number of rotatable bonds is 6. The number of nitrogens with one attached hydrogen (secondary N) is 1. The lowest BCUT2D eigenvalue weighted by Crippen LogP contribution is -2.43. The Morgan fingerprint density at radius 2 is 2.35 bits per heavy atom. The highest BCUT2D eigenvalue weighted by Gasteiger charge is 2.20. The second-order valence-electron chi connectivity index (χ2n) is 4.00. The van der Waals surface area contributed by atoms with Crippen LogP contribution in [0.1, 0.15) is 20.3 Å². The minimum absolute atomic E-state index is 0.00852. The number of hydrogen-bond acceptors (Lipinski definition) is 3. The molecule has 17 heavy (non-hydrogen) atoms. The summed E-state index contributed by atoms with van der Waals surface area (Å²) in [6.45, 7) is 4.44. The van der Waals surface area contributed by atoms with Crippen LogP contribution in [0.2, 0.25) is 0 Å². The molecule has 2 unspecified atom stereocenters. The predicted molar refractivity (Wildman–Crippen MR) is 70.4 cm³/mol. The van der Waals surface area contributed by atoms with E-state index in [2.05, 4.69) is 10.4 Å². The van der Waals surface area contributed by atoms with Gasteiger partial charge in [-0.15, -0.1) is 0 Å². The molecule has 0 aliphatic heterocycles. The molecule has 1 heterocycles. The largest absolute Gasteiger partial charge is 0.393 e. The van der Waals surface area contributed by atoms with Crippen LogP contribution < -0.4 is 11.1 Å². The molecule has 0 fully saturated rings. The van der Waals surface area contributed by atoms with Crippen molar-refractivity contribution in [1.29, 1.82) is 0 Å². The first kappa shape index (κ1) is 13.6. The molecular formula is C11H18N4OS. The van der Waals surface area contributed by atoms with Crippen LogP contribution in [0.15, 0.2) is 18.5 Å². The van der Waals surface area contributed by atoms with E-state index in [-0.39, 0.29) is 22.9 Å². The van der Waals surface area contributed by atoms with Gasteiger partial charge < -0.3 is 11.1 Å². The summed E-state index contributed by atoms with van der Waals surface area (Å²) >= 11 is 4.86. The van der Waals surface area contributed by atoms with E-state index < -0.39 is 0 Å². The van der Waals surface area contributed by atoms with Gasteiger partial charge in [0, 0.05) is 18.4 Å². The van der Waals surface area contributed by atoms with Gasteiger partial charge in [-0.05, 0) is 19.4 Å². The summed E-state index contributed by atoms with van der Waals surface area (Å²) in [5.74, 6) is -0.496. The van der Waals surface area contributed by atoms with Gasteiger partial charge in [-0.25, -0.2) is 0 Å². The molecule has 0 bridgehead atoms. The Labute approximate surface area is 106 Å². The van der Waals surface area contributed by atoms with E-state index in [1.54, 1.807) is 10.9 Å². The van der Waals surface area contributed by atoms with Gasteiger partial charge in [0.2, 0.25) is 5.91 Å². The van der Waals surface area contributed by atoms with Crippen molar-refractivity contribution in [2.75, 3.05) is 0 Å². The molecule has 6 heteroatoms. The number of carbonyl (C=O) groups excluding carboxylic acids is 1. The third kappa shape index (κ3) is 4.14. The minimum atomic E-state index is -0.384. The fourth-order valence-electron chi connectivity index (χ4n) is 1.59. The van der Waals surface area contributed by atoms with Crippen molar-refractivity contribution in [2.24, 2.45) is 11.7 Å². The highest BCUT2D eigenvalue weighted by molar-refractivity contribution is 7.80. The number of hydrogen-bond donors (Lipinski definition) is 2. The van der Waals surface area contributed by atoms with Crippen molar-refractivity contribution in [2.45, 2.75) is 32.9 Å². The van der Waals surface area contributed by atoms with Crippen LogP contribution in [0, 0.1) is 5.92 Å². The summed E-state index contributed by atoms with van der Waals surface area (Å²) in [5.41, 5.74) is 5.51. The molecule has 0 radical (unpaired) electrons. The third-order valence-electron chi connectivity index (χ3n) is 2.48. The molecular weight excluding hydrogens is 236 g/mol. The normalized spacial score (nSPS) is 14.0. The zero-order chi connectivity index (χ0) is 12.8. The first-order valence-electron chi connectivity index (χ1n) is 5.61. The van der Waals surface area contributed by atoms with E-state index in [4.69, 9.17) is 18.0 Å². The van der Waals surface area contributed by atoms with Gasteiger partial charge in [0.15, 0.2) is 0 Å². The Kier molecular flexibility index (Phi) is 5.09.